The van der Waals surface area contributed by atoms with Crippen LogP contribution in [-0.4, -0.2) is 45.1 Å². The van der Waals surface area contributed by atoms with Gasteiger partial charge >= 0.3 is 12.4 Å². The van der Waals surface area contributed by atoms with Gasteiger partial charge in [0.05, 0.1) is 42.7 Å². The van der Waals surface area contributed by atoms with Gasteiger partial charge in [0.15, 0.2) is 0 Å². The molecule has 3 aromatic rings. The van der Waals surface area contributed by atoms with Crippen molar-refractivity contribution in [3.05, 3.63) is 53.6 Å². The summed E-state index contributed by atoms with van der Waals surface area (Å²) >= 11 is 0. The quantitative estimate of drug-likeness (QED) is 0.499. The Morgan fingerprint density at radius 1 is 0.971 bits per heavy atom. The zero-order valence-corrected chi connectivity index (χ0v) is 18.2. The minimum atomic E-state index is -4.59. The third kappa shape index (κ3) is 5.22. The van der Waals surface area contributed by atoms with Gasteiger partial charge in [0.25, 0.3) is 0 Å². The number of aromatic nitrogens is 3. The normalized spacial score (nSPS) is 20.0. The van der Waals surface area contributed by atoms with E-state index in [-0.39, 0.29) is 41.5 Å². The van der Waals surface area contributed by atoms with E-state index in [0.29, 0.717) is 18.6 Å². The lowest BCUT2D eigenvalue weighted by molar-refractivity contribution is -0.141. The van der Waals surface area contributed by atoms with Crippen LogP contribution in [0.5, 0.6) is 0 Å². The summed E-state index contributed by atoms with van der Waals surface area (Å²) in [6.07, 6.45) is -8.16. The Bertz CT molecular complexity index is 1160. The predicted molar refractivity (Wildman–Crippen MR) is 112 cm³/mol. The molecule has 0 aliphatic carbocycles. The van der Waals surface area contributed by atoms with Crippen molar-refractivity contribution >= 4 is 22.4 Å². The van der Waals surface area contributed by atoms with Gasteiger partial charge in [-0.2, -0.15) is 26.3 Å². The largest absolute Gasteiger partial charge is 0.433 e. The molecule has 3 heterocycles. The topological polar surface area (TPSA) is 63.2 Å². The number of halogens is 6. The first-order valence-corrected chi connectivity index (χ1v) is 10.4. The smallest absolute Gasteiger partial charge is 0.378 e. The maximum absolute atomic E-state index is 13.3. The Balaban J connectivity index is 1.74. The van der Waals surface area contributed by atoms with E-state index in [2.05, 4.69) is 25.2 Å². The number of pyridine rings is 1. The van der Waals surface area contributed by atoms with Gasteiger partial charge in [-0.3, -0.25) is 4.90 Å². The van der Waals surface area contributed by atoms with Gasteiger partial charge in [0.2, 0.25) is 0 Å². The van der Waals surface area contributed by atoms with Gasteiger partial charge in [-0.1, -0.05) is 0 Å². The highest BCUT2D eigenvalue weighted by Crippen LogP contribution is 2.34. The number of nitrogens with zero attached hydrogens (tertiary/aromatic N) is 4. The van der Waals surface area contributed by atoms with Crippen molar-refractivity contribution in [3.63, 3.8) is 0 Å². The van der Waals surface area contributed by atoms with Crippen molar-refractivity contribution < 1.29 is 31.1 Å². The first-order chi connectivity index (χ1) is 15.9. The number of morpholine rings is 1. The van der Waals surface area contributed by atoms with Crippen molar-refractivity contribution in [1.29, 1.82) is 0 Å². The molecule has 1 aliphatic heterocycles. The van der Waals surface area contributed by atoms with Gasteiger partial charge in [0.1, 0.15) is 17.3 Å². The first kappa shape index (κ1) is 24.1. The molecule has 0 saturated carbocycles. The predicted octanol–water partition coefficient (Wildman–Crippen LogP) is 5.42. The van der Waals surface area contributed by atoms with Gasteiger partial charge in [-0.15, -0.1) is 0 Å². The van der Waals surface area contributed by atoms with Gasteiger partial charge < -0.3 is 10.1 Å². The fourth-order valence-electron chi connectivity index (χ4n) is 3.80. The molecule has 1 saturated heterocycles. The number of ether oxygens (including phenoxy) is 1. The molecule has 6 nitrogen and oxygen atoms in total. The molecule has 1 aliphatic rings. The van der Waals surface area contributed by atoms with Crippen LogP contribution >= 0.6 is 0 Å². The lowest BCUT2D eigenvalue weighted by atomic mass is 10.1. The van der Waals surface area contributed by atoms with Gasteiger partial charge in [0, 0.05) is 17.5 Å². The molecule has 0 spiro atoms. The second kappa shape index (κ2) is 8.99. The van der Waals surface area contributed by atoms with Crippen molar-refractivity contribution in [2.45, 2.75) is 44.8 Å². The first-order valence-electron chi connectivity index (χ1n) is 10.4. The molecule has 4 rings (SSSR count). The summed E-state index contributed by atoms with van der Waals surface area (Å²) in [7, 11) is 0. The van der Waals surface area contributed by atoms with Crippen molar-refractivity contribution in [2.75, 3.05) is 18.5 Å². The third-order valence-corrected chi connectivity index (χ3v) is 5.56. The zero-order chi connectivity index (χ0) is 24.7. The van der Waals surface area contributed by atoms with Crippen molar-refractivity contribution in [3.8, 4) is 0 Å². The van der Waals surface area contributed by atoms with Crippen LogP contribution in [0.1, 0.15) is 30.9 Å². The molecular formula is C22H21F6N5O. The van der Waals surface area contributed by atoms with E-state index in [0.717, 1.165) is 24.4 Å². The van der Waals surface area contributed by atoms with Crippen LogP contribution in [0, 0.1) is 0 Å². The Morgan fingerprint density at radius 2 is 1.68 bits per heavy atom. The molecule has 0 amide bonds. The van der Waals surface area contributed by atoms with Crippen LogP contribution < -0.4 is 5.32 Å². The van der Waals surface area contributed by atoms with E-state index in [1.807, 2.05) is 13.8 Å². The van der Waals surface area contributed by atoms with Crippen molar-refractivity contribution in [1.82, 2.24) is 19.9 Å². The number of nitrogens with one attached hydrogen (secondary N) is 1. The Morgan fingerprint density at radius 3 is 2.26 bits per heavy atom. The standard InChI is InChI=1S/C22H21F6N5O/c1-12-10-34-11-13(2)33(12)9-19-31-17-7-14(21(23,24)25)3-5-16(17)20(32-19)30-15-4-6-18(29-8-15)22(26,27)28/h3-8,12-13H,9-11H2,1-2H3,(H,30,31,32). The highest BCUT2D eigenvalue weighted by molar-refractivity contribution is 5.91. The molecule has 2 unspecified atom stereocenters. The molecule has 182 valence electrons. The molecule has 2 aromatic heterocycles. The van der Waals surface area contributed by atoms with Crippen molar-refractivity contribution in [2.24, 2.45) is 0 Å². The van der Waals surface area contributed by atoms with E-state index in [1.165, 1.54) is 12.1 Å². The monoisotopic (exact) mass is 485 g/mol. The van der Waals surface area contributed by atoms with Crippen LogP contribution in [-0.2, 0) is 23.6 Å². The number of hydrogen-bond donors (Lipinski definition) is 1. The van der Waals surface area contributed by atoms with E-state index >= 15 is 0 Å². The highest BCUT2D eigenvalue weighted by atomic mass is 19.4. The van der Waals surface area contributed by atoms with E-state index in [9.17, 15) is 26.3 Å². The molecule has 1 fully saturated rings. The zero-order valence-electron chi connectivity index (χ0n) is 18.2. The van der Waals surface area contributed by atoms with Crippen LogP contribution in [0.15, 0.2) is 36.5 Å². The summed E-state index contributed by atoms with van der Waals surface area (Å²) < 4.78 is 83.8. The second-order valence-electron chi connectivity index (χ2n) is 8.18. The molecular weight excluding hydrogens is 464 g/mol. The molecule has 12 heteroatoms. The minimum Gasteiger partial charge on any atom is -0.378 e. The fourth-order valence-corrected chi connectivity index (χ4v) is 3.80. The van der Waals surface area contributed by atoms with E-state index in [1.54, 1.807) is 0 Å². The molecule has 1 N–H and O–H groups in total. The summed E-state index contributed by atoms with van der Waals surface area (Å²) in [5, 5.41) is 3.17. The minimum absolute atomic E-state index is 0.0417. The number of fused-ring (bicyclic) bond motifs is 1. The molecule has 0 radical (unpaired) electrons. The molecule has 2 atom stereocenters. The number of rotatable bonds is 4. The lowest BCUT2D eigenvalue weighted by Gasteiger charge is -2.38. The number of alkyl halides is 6. The van der Waals surface area contributed by atoms with E-state index < -0.39 is 23.6 Å². The average molecular weight is 485 g/mol. The lowest BCUT2D eigenvalue weighted by Crippen LogP contribution is -2.49. The molecule has 1 aromatic carbocycles. The maximum atomic E-state index is 13.3. The highest BCUT2D eigenvalue weighted by Gasteiger charge is 2.33. The molecule has 0 bridgehead atoms. The second-order valence-corrected chi connectivity index (χ2v) is 8.18. The fraction of sp³-hybridized carbons (Fsp3) is 0.409. The van der Waals surface area contributed by atoms with Crippen LogP contribution in [0.3, 0.4) is 0 Å². The number of anilines is 2. The van der Waals surface area contributed by atoms with Gasteiger partial charge in [-0.05, 0) is 44.2 Å². The Hall–Kier alpha value is -2.99. The average Bonchev–Trinajstić information content (AvgIpc) is 2.75. The SMILES string of the molecule is CC1COCC(C)N1Cc1nc(Nc2ccc(C(F)(F)F)nc2)c2ccc(C(F)(F)F)cc2n1. The Kier molecular flexibility index (Phi) is 6.38. The summed E-state index contributed by atoms with van der Waals surface area (Å²) in [6.45, 7) is 5.19. The van der Waals surface area contributed by atoms with Crippen LogP contribution in [0.4, 0.5) is 37.8 Å². The number of hydrogen-bond acceptors (Lipinski definition) is 6. The summed E-state index contributed by atoms with van der Waals surface area (Å²) in [6, 6.07) is 5.16. The van der Waals surface area contributed by atoms with Gasteiger partial charge in [-0.25, -0.2) is 15.0 Å². The van der Waals surface area contributed by atoms with E-state index in [4.69, 9.17) is 4.74 Å². The van der Waals surface area contributed by atoms with Crippen LogP contribution in [0.2, 0.25) is 0 Å². The Labute approximate surface area is 191 Å². The number of benzene rings is 1. The molecule has 34 heavy (non-hydrogen) atoms. The maximum Gasteiger partial charge on any atom is 0.433 e. The summed E-state index contributed by atoms with van der Waals surface area (Å²) in [4.78, 5) is 14.3. The summed E-state index contributed by atoms with van der Waals surface area (Å²) in [5.41, 5.74) is -1.65. The summed E-state index contributed by atoms with van der Waals surface area (Å²) in [5.74, 6) is 0.443. The van der Waals surface area contributed by atoms with Crippen LogP contribution in [0.25, 0.3) is 10.9 Å². The third-order valence-electron chi connectivity index (χ3n) is 5.56.